The molecule has 0 atom stereocenters. The first-order chi connectivity index (χ1) is 11.3. The number of aryl methyl sites for hydroxylation is 6. The van der Waals surface area contributed by atoms with E-state index >= 15 is 0 Å². The van der Waals surface area contributed by atoms with E-state index in [2.05, 4.69) is 65.8 Å². The lowest BCUT2D eigenvalue weighted by atomic mass is 9.84. The minimum atomic E-state index is 0.322. The molecule has 0 aliphatic carbocycles. The molecule has 24 heavy (non-hydrogen) atoms. The summed E-state index contributed by atoms with van der Waals surface area (Å²) in [4.78, 5) is 0. The topological polar surface area (TPSA) is 20.2 Å². The molecule has 0 amide bonds. The normalized spacial score (nSPS) is 11.1. The Balaban J connectivity index is 2.92. The summed E-state index contributed by atoms with van der Waals surface area (Å²) in [6, 6.07) is 8.74. The van der Waals surface area contributed by atoms with Gasteiger partial charge in [-0.25, -0.2) is 0 Å². The molecular weight excluding hydrogens is 292 g/mol. The zero-order valence-corrected chi connectivity index (χ0v) is 15.9. The molecule has 1 nitrogen and oxygen atoms in total. The van der Waals surface area contributed by atoms with Gasteiger partial charge in [0.2, 0.25) is 0 Å². The molecule has 2 aromatic rings. The van der Waals surface area contributed by atoms with Crippen molar-refractivity contribution in [1.82, 2.24) is 0 Å². The first-order valence-electron chi connectivity index (χ1n) is 8.48. The molecule has 0 aliphatic heterocycles. The van der Waals surface area contributed by atoms with Gasteiger partial charge in [-0.15, -0.1) is 0 Å². The quantitative estimate of drug-likeness (QED) is 0.510. The molecule has 0 aromatic heterocycles. The highest BCUT2D eigenvalue weighted by Gasteiger charge is 2.19. The second kappa shape index (κ2) is 7.09. The van der Waals surface area contributed by atoms with Gasteiger partial charge in [0.15, 0.2) is 0 Å². The van der Waals surface area contributed by atoms with Crippen LogP contribution in [0.2, 0.25) is 0 Å². The van der Waals surface area contributed by atoms with Crippen LogP contribution in [0.1, 0.15) is 51.4 Å². The van der Waals surface area contributed by atoms with E-state index in [0.29, 0.717) is 5.76 Å². The van der Waals surface area contributed by atoms with E-state index in [1.807, 2.05) is 13.0 Å². The van der Waals surface area contributed by atoms with Gasteiger partial charge in [0.1, 0.15) is 5.76 Å². The fourth-order valence-electron chi connectivity index (χ4n) is 3.77. The highest BCUT2D eigenvalue weighted by molar-refractivity contribution is 5.88. The fraction of sp³-hybridized carbons (Fsp3) is 0.304. The van der Waals surface area contributed by atoms with Crippen LogP contribution >= 0.6 is 0 Å². The van der Waals surface area contributed by atoms with Gasteiger partial charge in [-0.3, -0.25) is 0 Å². The number of hydrogen-bond donors (Lipinski definition) is 1. The van der Waals surface area contributed by atoms with Crippen LogP contribution in [0, 0.1) is 41.5 Å². The van der Waals surface area contributed by atoms with Crippen molar-refractivity contribution in [2.75, 3.05) is 0 Å². The minimum Gasteiger partial charge on any atom is -0.507 e. The van der Waals surface area contributed by atoms with Gasteiger partial charge in [-0.2, -0.15) is 0 Å². The predicted octanol–water partition coefficient (Wildman–Crippen LogP) is 6.43. The zero-order chi connectivity index (χ0) is 18.0. The number of hydrogen-bond acceptors (Lipinski definition) is 1. The lowest BCUT2D eigenvalue weighted by Crippen LogP contribution is -2.03. The maximum atomic E-state index is 10.8. The SMILES string of the molecule is C/C=C\C(O)=C(c1c(C)cc(C)cc1C)c1c(C)cc(C)cc1C. The number of allylic oxidation sites excluding steroid dienone is 2. The van der Waals surface area contributed by atoms with E-state index in [0.717, 1.165) is 16.7 Å². The molecule has 0 aliphatic rings. The highest BCUT2D eigenvalue weighted by Crippen LogP contribution is 2.36. The second-order valence-electron chi connectivity index (χ2n) is 6.81. The third-order valence-electron chi connectivity index (χ3n) is 4.43. The number of aliphatic hydroxyl groups excluding tert-OH is 1. The van der Waals surface area contributed by atoms with Gasteiger partial charge < -0.3 is 5.11 Å². The second-order valence-corrected chi connectivity index (χ2v) is 6.81. The van der Waals surface area contributed by atoms with Crippen molar-refractivity contribution in [3.8, 4) is 0 Å². The van der Waals surface area contributed by atoms with Crippen LogP contribution in [-0.4, -0.2) is 5.11 Å². The Bertz CT molecular complexity index is 730. The van der Waals surface area contributed by atoms with E-state index in [1.165, 1.54) is 33.4 Å². The Morgan fingerprint density at radius 2 is 1.04 bits per heavy atom. The van der Waals surface area contributed by atoms with E-state index in [9.17, 15) is 5.11 Å². The van der Waals surface area contributed by atoms with E-state index < -0.39 is 0 Å². The molecule has 0 unspecified atom stereocenters. The lowest BCUT2D eigenvalue weighted by Gasteiger charge is -2.20. The van der Waals surface area contributed by atoms with Gasteiger partial charge in [-0.1, -0.05) is 41.5 Å². The van der Waals surface area contributed by atoms with E-state index in [-0.39, 0.29) is 0 Å². The van der Waals surface area contributed by atoms with E-state index in [4.69, 9.17) is 0 Å². The van der Waals surface area contributed by atoms with Crippen molar-refractivity contribution in [3.05, 3.63) is 86.7 Å². The standard InChI is InChI=1S/C23H28O/c1-8-9-20(24)23(21-16(4)10-14(2)11-17(21)5)22-18(6)12-15(3)13-19(22)7/h8-13,24H,1-7H3/b9-8-. The Morgan fingerprint density at radius 1 is 0.708 bits per heavy atom. The van der Waals surface area contributed by atoms with Crippen molar-refractivity contribution < 1.29 is 5.11 Å². The van der Waals surface area contributed by atoms with Crippen LogP contribution in [0.5, 0.6) is 0 Å². The maximum Gasteiger partial charge on any atom is 0.123 e. The third kappa shape index (κ3) is 3.46. The largest absolute Gasteiger partial charge is 0.507 e. The van der Waals surface area contributed by atoms with Gasteiger partial charge in [0, 0.05) is 5.57 Å². The molecule has 1 N–H and O–H groups in total. The minimum absolute atomic E-state index is 0.322. The lowest BCUT2D eigenvalue weighted by molar-refractivity contribution is 0.435. The summed E-state index contributed by atoms with van der Waals surface area (Å²) in [6.45, 7) is 14.6. The van der Waals surface area contributed by atoms with Gasteiger partial charge in [0.05, 0.1) is 0 Å². The van der Waals surface area contributed by atoms with E-state index in [1.54, 1.807) is 6.08 Å². The molecule has 0 saturated carbocycles. The van der Waals surface area contributed by atoms with Gasteiger partial charge in [-0.05, 0) is 87.9 Å². The average molecular weight is 320 g/mol. The molecule has 0 bridgehead atoms. The first kappa shape index (κ1) is 18.1. The summed E-state index contributed by atoms with van der Waals surface area (Å²) in [5.74, 6) is 0.322. The molecule has 0 heterocycles. The molecule has 0 saturated heterocycles. The molecule has 2 rings (SSSR count). The summed E-state index contributed by atoms with van der Waals surface area (Å²) < 4.78 is 0. The van der Waals surface area contributed by atoms with Crippen molar-refractivity contribution in [3.63, 3.8) is 0 Å². The zero-order valence-electron chi connectivity index (χ0n) is 15.9. The molecule has 126 valence electrons. The van der Waals surface area contributed by atoms with Crippen LogP contribution in [0.3, 0.4) is 0 Å². The van der Waals surface area contributed by atoms with Crippen molar-refractivity contribution in [1.29, 1.82) is 0 Å². The smallest absolute Gasteiger partial charge is 0.123 e. The van der Waals surface area contributed by atoms with Crippen LogP contribution in [-0.2, 0) is 0 Å². The van der Waals surface area contributed by atoms with Crippen LogP contribution in [0.4, 0.5) is 0 Å². The third-order valence-corrected chi connectivity index (χ3v) is 4.43. The summed E-state index contributed by atoms with van der Waals surface area (Å²) >= 11 is 0. The Labute approximate surface area is 146 Å². The van der Waals surface area contributed by atoms with Crippen LogP contribution in [0.15, 0.2) is 42.2 Å². The summed E-state index contributed by atoms with van der Waals surface area (Å²) in [6.07, 6.45) is 3.67. The van der Waals surface area contributed by atoms with Crippen molar-refractivity contribution in [2.45, 2.75) is 48.5 Å². The monoisotopic (exact) mass is 320 g/mol. The molecule has 0 radical (unpaired) electrons. The summed E-state index contributed by atoms with van der Waals surface area (Å²) in [5.41, 5.74) is 10.5. The molecule has 2 aromatic carbocycles. The Morgan fingerprint density at radius 3 is 1.33 bits per heavy atom. The predicted molar refractivity (Wildman–Crippen MR) is 105 cm³/mol. The molecule has 0 fully saturated rings. The number of benzene rings is 2. The first-order valence-corrected chi connectivity index (χ1v) is 8.48. The average Bonchev–Trinajstić information content (AvgIpc) is 2.43. The maximum absolute atomic E-state index is 10.8. The molecule has 1 heteroatoms. The van der Waals surface area contributed by atoms with Crippen LogP contribution in [0.25, 0.3) is 5.57 Å². The molecular formula is C23H28O. The molecule has 0 spiro atoms. The number of rotatable bonds is 3. The van der Waals surface area contributed by atoms with Crippen LogP contribution < -0.4 is 0 Å². The fourth-order valence-corrected chi connectivity index (χ4v) is 3.77. The summed E-state index contributed by atoms with van der Waals surface area (Å²) in [7, 11) is 0. The Hall–Kier alpha value is -2.28. The summed E-state index contributed by atoms with van der Waals surface area (Å²) in [5, 5.41) is 10.8. The number of aliphatic hydroxyl groups is 1. The van der Waals surface area contributed by atoms with Gasteiger partial charge in [0.25, 0.3) is 0 Å². The van der Waals surface area contributed by atoms with Crippen molar-refractivity contribution in [2.24, 2.45) is 0 Å². The van der Waals surface area contributed by atoms with Crippen molar-refractivity contribution >= 4 is 5.57 Å². The van der Waals surface area contributed by atoms with Gasteiger partial charge >= 0.3 is 0 Å². The highest BCUT2D eigenvalue weighted by atomic mass is 16.3. The Kier molecular flexibility index (Phi) is 5.33.